The largest absolute Gasteiger partial charge is 0.504 e. The Morgan fingerprint density at radius 1 is 1.38 bits per heavy atom. The minimum absolute atomic E-state index is 0.269. The minimum Gasteiger partial charge on any atom is -0.504 e. The third-order valence-electron chi connectivity index (χ3n) is 3.49. The van der Waals surface area contributed by atoms with Crippen LogP contribution in [0, 0.1) is 0 Å². The SMILES string of the molecule is CO/C=C/C(=O)NC(=O)Nc1cc(Br)c(OC)c2c1OCC2(C)C. The Balaban J connectivity index is 2.28. The molecule has 1 aromatic carbocycles. The van der Waals surface area contributed by atoms with Crippen LogP contribution in [0.25, 0.3) is 0 Å². The number of imide groups is 1. The smallest absolute Gasteiger partial charge is 0.326 e. The van der Waals surface area contributed by atoms with Gasteiger partial charge in [-0.25, -0.2) is 4.79 Å². The zero-order valence-electron chi connectivity index (χ0n) is 13.9. The third kappa shape index (κ3) is 3.64. The summed E-state index contributed by atoms with van der Waals surface area (Å²) >= 11 is 3.44. The van der Waals surface area contributed by atoms with E-state index in [1.54, 1.807) is 13.2 Å². The number of methoxy groups -OCH3 is 2. The van der Waals surface area contributed by atoms with Gasteiger partial charge in [0.25, 0.3) is 5.91 Å². The number of ether oxygens (including phenoxy) is 3. The molecule has 0 atom stereocenters. The van der Waals surface area contributed by atoms with E-state index in [0.29, 0.717) is 28.3 Å². The normalized spacial score (nSPS) is 14.7. The first-order valence-electron chi connectivity index (χ1n) is 7.15. The molecule has 7 nitrogen and oxygen atoms in total. The van der Waals surface area contributed by atoms with Crippen LogP contribution in [0.2, 0.25) is 0 Å². The number of amides is 3. The molecule has 0 aliphatic carbocycles. The highest BCUT2D eigenvalue weighted by atomic mass is 79.9. The number of halogens is 1. The van der Waals surface area contributed by atoms with Crippen LogP contribution in [0.3, 0.4) is 0 Å². The molecule has 0 saturated heterocycles. The number of benzene rings is 1. The van der Waals surface area contributed by atoms with Crippen molar-refractivity contribution in [1.82, 2.24) is 5.32 Å². The van der Waals surface area contributed by atoms with Gasteiger partial charge in [0, 0.05) is 17.1 Å². The zero-order chi connectivity index (χ0) is 17.9. The van der Waals surface area contributed by atoms with E-state index in [-0.39, 0.29) is 5.41 Å². The van der Waals surface area contributed by atoms with E-state index in [2.05, 4.69) is 31.3 Å². The molecule has 0 aromatic heterocycles. The summed E-state index contributed by atoms with van der Waals surface area (Å²) in [6.07, 6.45) is 2.28. The van der Waals surface area contributed by atoms with Gasteiger partial charge in [0.15, 0.2) is 5.75 Å². The summed E-state index contributed by atoms with van der Waals surface area (Å²) in [4.78, 5) is 23.5. The Kier molecular flexibility index (Phi) is 5.38. The van der Waals surface area contributed by atoms with Crippen molar-refractivity contribution >= 4 is 33.6 Å². The van der Waals surface area contributed by atoms with Gasteiger partial charge in [0.05, 0.1) is 37.2 Å². The van der Waals surface area contributed by atoms with Crippen molar-refractivity contribution < 1.29 is 23.8 Å². The van der Waals surface area contributed by atoms with Crippen molar-refractivity contribution in [3.05, 3.63) is 28.4 Å². The second-order valence-electron chi connectivity index (χ2n) is 5.80. The molecule has 1 aliphatic rings. The van der Waals surface area contributed by atoms with Crippen molar-refractivity contribution in [2.45, 2.75) is 19.3 Å². The molecule has 3 amide bonds. The highest BCUT2D eigenvalue weighted by molar-refractivity contribution is 9.10. The van der Waals surface area contributed by atoms with Gasteiger partial charge in [-0.2, -0.15) is 0 Å². The fourth-order valence-electron chi connectivity index (χ4n) is 2.43. The predicted molar refractivity (Wildman–Crippen MR) is 92.5 cm³/mol. The molecule has 0 spiro atoms. The Morgan fingerprint density at radius 3 is 2.71 bits per heavy atom. The van der Waals surface area contributed by atoms with Crippen molar-refractivity contribution in [1.29, 1.82) is 0 Å². The lowest BCUT2D eigenvalue weighted by molar-refractivity contribution is -0.115. The minimum atomic E-state index is -0.673. The van der Waals surface area contributed by atoms with E-state index < -0.39 is 11.9 Å². The van der Waals surface area contributed by atoms with Gasteiger partial charge in [-0.3, -0.25) is 10.1 Å². The first-order chi connectivity index (χ1) is 11.3. The lowest BCUT2D eigenvalue weighted by Crippen LogP contribution is -2.33. The number of nitrogens with one attached hydrogen (secondary N) is 2. The summed E-state index contributed by atoms with van der Waals surface area (Å²) in [5.41, 5.74) is 1.04. The van der Waals surface area contributed by atoms with Gasteiger partial charge >= 0.3 is 6.03 Å². The Labute approximate surface area is 148 Å². The average Bonchev–Trinajstić information content (AvgIpc) is 2.82. The molecule has 8 heteroatoms. The number of fused-ring (bicyclic) bond motifs is 1. The van der Waals surface area contributed by atoms with Crippen LogP contribution in [0.4, 0.5) is 10.5 Å². The van der Waals surface area contributed by atoms with E-state index in [9.17, 15) is 9.59 Å². The van der Waals surface area contributed by atoms with Gasteiger partial charge in [-0.1, -0.05) is 13.8 Å². The number of carbonyl (C=O) groups is 2. The molecular weight excluding hydrogens is 380 g/mol. The van der Waals surface area contributed by atoms with Crippen LogP contribution in [0.15, 0.2) is 22.9 Å². The standard InChI is InChI=1S/C16H19BrN2O5/c1-16(2)8-24-14-10(7-9(17)13(23-4)12(14)16)18-15(21)19-11(20)5-6-22-3/h5-7H,8H2,1-4H3,(H2,18,19,20,21)/b6-5+. The molecule has 24 heavy (non-hydrogen) atoms. The summed E-state index contributed by atoms with van der Waals surface area (Å²) in [5, 5.41) is 4.79. The van der Waals surface area contributed by atoms with Crippen LogP contribution in [0.1, 0.15) is 19.4 Å². The van der Waals surface area contributed by atoms with Crippen LogP contribution < -0.4 is 20.1 Å². The van der Waals surface area contributed by atoms with Gasteiger partial charge in [0.2, 0.25) is 0 Å². The molecule has 0 unspecified atom stereocenters. The van der Waals surface area contributed by atoms with Gasteiger partial charge in [-0.05, 0) is 22.0 Å². The number of carbonyl (C=O) groups excluding carboxylic acids is 2. The predicted octanol–water partition coefficient (Wildman–Crippen LogP) is 2.94. The van der Waals surface area contributed by atoms with E-state index >= 15 is 0 Å². The second-order valence-corrected chi connectivity index (χ2v) is 6.65. The van der Waals surface area contributed by atoms with Crippen LogP contribution in [0.5, 0.6) is 11.5 Å². The molecule has 0 radical (unpaired) electrons. The van der Waals surface area contributed by atoms with Crippen LogP contribution in [-0.4, -0.2) is 32.8 Å². The molecule has 130 valence electrons. The highest BCUT2D eigenvalue weighted by Gasteiger charge is 2.38. The van der Waals surface area contributed by atoms with E-state index in [0.717, 1.165) is 11.6 Å². The van der Waals surface area contributed by atoms with E-state index in [1.165, 1.54) is 13.4 Å². The lowest BCUT2D eigenvalue weighted by Gasteiger charge is -2.20. The van der Waals surface area contributed by atoms with Crippen molar-refractivity contribution in [2.75, 3.05) is 26.1 Å². The van der Waals surface area contributed by atoms with Crippen molar-refractivity contribution in [3.63, 3.8) is 0 Å². The maximum atomic E-state index is 12.0. The Bertz CT molecular complexity index is 700. The van der Waals surface area contributed by atoms with Gasteiger partial charge < -0.3 is 19.5 Å². The molecule has 2 N–H and O–H groups in total. The number of rotatable bonds is 4. The maximum absolute atomic E-state index is 12.0. The zero-order valence-corrected chi connectivity index (χ0v) is 15.4. The molecule has 0 saturated carbocycles. The van der Waals surface area contributed by atoms with Crippen molar-refractivity contribution in [3.8, 4) is 11.5 Å². The molecule has 1 heterocycles. The first kappa shape index (κ1) is 18.1. The third-order valence-corrected chi connectivity index (χ3v) is 4.07. The second kappa shape index (κ2) is 7.12. The van der Waals surface area contributed by atoms with Crippen molar-refractivity contribution in [2.24, 2.45) is 0 Å². The van der Waals surface area contributed by atoms with Crippen LogP contribution >= 0.6 is 15.9 Å². The quantitative estimate of drug-likeness (QED) is 0.601. The fourth-order valence-corrected chi connectivity index (χ4v) is 3.02. The van der Waals surface area contributed by atoms with E-state index in [4.69, 9.17) is 9.47 Å². The van der Waals surface area contributed by atoms with Gasteiger partial charge in [-0.15, -0.1) is 0 Å². The summed E-state index contributed by atoms with van der Waals surface area (Å²) in [6, 6.07) is 1.00. The summed E-state index contributed by atoms with van der Waals surface area (Å²) in [5.74, 6) is 0.604. The number of urea groups is 1. The topological polar surface area (TPSA) is 85.9 Å². The molecule has 1 aliphatic heterocycles. The monoisotopic (exact) mass is 398 g/mol. The first-order valence-corrected chi connectivity index (χ1v) is 7.94. The Hall–Kier alpha value is -2.22. The Morgan fingerprint density at radius 2 is 2.08 bits per heavy atom. The number of hydrogen-bond acceptors (Lipinski definition) is 5. The van der Waals surface area contributed by atoms with Gasteiger partial charge in [0.1, 0.15) is 5.75 Å². The maximum Gasteiger partial charge on any atom is 0.326 e. The van der Waals surface area contributed by atoms with Crippen LogP contribution in [-0.2, 0) is 14.9 Å². The molecule has 2 rings (SSSR count). The fraction of sp³-hybridized carbons (Fsp3) is 0.375. The molecule has 1 aromatic rings. The van der Waals surface area contributed by atoms with E-state index in [1.807, 2.05) is 13.8 Å². The summed E-state index contributed by atoms with van der Waals surface area (Å²) in [7, 11) is 2.98. The number of anilines is 1. The summed E-state index contributed by atoms with van der Waals surface area (Å²) < 4.78 is 16.5. The lowest BCUT2D eigenvalue weighted by atomic mass is 9.86. The summed E-state index contributed by atoms with van der Waals surface area (Å²) in [6.45, 7) is 4.51. The average molecular weight is 399 g/mol. The number of hydrogen-bond donors (Lipinski definition) is 2. The molecular formula is C16H19BrN2O5. The highest BCUT2D eigenvalue weighted by Crippen LogP contribution is 2.51. The molecule has 0 bridgehead atoms. The molecule has 0 fully saturated rings.